The molecule has 0 saturated carbocycles. The van der Waals surface area contributed by atoms with Gasteiger partial charge in [-0.15, -0.1) is 0 Å². The fourth-order valence-electron chi connectivity index (χ4n) is 1.60. The molecule has 1 heterocycles. The summed E-state index contributed by atoms with van der Waals surface area (Å²) in [5.74, 6) is 0. The molecule has 1 unspecified atom stereocenters. The molecule has 0 aromatic rings. The van der Waals surface area contributed by atoms with E-state index in [-0.39, 0.29) is 0 Å². The summed E-state index contributed by atoms with van der Waals surface area (Å²) < 4.78 is 24.2. The third-order valence-corrected chi connectivity index (χ3v) is 6.31. The largest absolute Gasteiger partial charge is 0.359 e. The first-order valence-electron chi connectivity index (χ1n) is 5.22. The second kappa shape index (κ2) is 4.77. The fraction of sp³-hybridized carbons (Fsp3) is 0.636. The molecule has 1 atom stereocenters. The first-order chi connectivity index (χ1) is 7.23. The first kappa shape index (κ1) is 14.2. The lowest BCUT2D eigenvalue weighted by Crippen LogP contribution is -2.18. The normalized spacial score (nSPS) is 28.6. The van der Waals surface area contributed by atoms with Crippen LogP contribution in [0.2, 0.25) is 0 Å². The SMILES string of the molecule is C=C(C)CC1=C(Br)C(C)(C)OP1(=O)OCC. The molecule has 92 valence electrons. The van der Waals surface area contributed by atoms with Gasteiger partial charge in [0.15, 0.2) is 0 Å². The van der Waals surface area contributed by atoms with Gasteiger partial charge in [-0.05, 0) is 27.7 Å². The van der Waals surface area contributed by atoms with Crippen molar-refractivity contribution in [3.8, 4) is 0 Å². The van der Waals surface area contributed by atoms with Gasteiger partial charge >= 0.3 is 7.60 Å². The summed E-state index contributed by atoms with van der Waals surface area (Å²) in [5.41, 5.74) is 0.350. The molecule has 0 bridgehead atoms. The van der Waals surface area contributed by atoms with Gasteiger partial charge in [-0.25, -0.2) is 0 Å². The Balaban J connectivity index is 3.16. The van der Waals surface area contributed by atoms with Crippen molar-refractivity contribution in [1.29, 1.82) is 0 Å². The van der Waals surface area contributed by atoms with Gasteiger partial charge in [-0.2, -0.15) is 0 Å². The van der Waals surface area contributed by atoms with Crippen LogP contribution in [-0.4, -0.2) is 12.2 Å². The smallest absolute Gasteiger partial charge is 0.306 e. The summed E-state index contributed by atoms with van der Waals surface area (Å²) in [6.07, 6.45) is 0.543. The molecule has 5 heteroatoms. The van der Waals surface area contributed by atoms with Crippen LogP contribution in [0.4, 0.5) is 0 Å². The van der Waals surface area contributed by atoms with E-state index in [0.717, 1.165) is 10.1 Å². The predicted octanol–water partition coefficient (Wildman–Crippen LogP) is 4.60. The molecule has 16 heavy (non-hydrogen) atoms. The molecule has 0 N–H and O–H groups in total. The van der Waals surface area contributed by atoms with Crippen LogP contribution in [-0.2, 0) is 13.6 Å². The van der Waals surface area contributed by atoms with E-state index in [1.807, 2.05) is 20.8 Å². The van der Waals surface area contributed by atoms with E-state index in [4.69, 9.17) is 9.05 Å². The summed E-state index contributed by atoms with van der Waals surface area (Å²) in [5, 5.41) is 0.701. The second-order valence-corrected chi connectivity index (χ2v) is 7.18. The third kappa shape index (κ3) is 2.67. The lowest BCUT2D eigenvalue weighted by Gasteiger charge is -2.20. The zero-order valence-corrected chi connectivity index (χ0v) is 12.7. The average molecular weight is 309 g/mol. The lowest BCUT2D eigenvalue weighted by molar-refractivity contribution is 0.134. The van der Waals surface area contributed by atoms with Gasteiger partial charge in [0.05, 0.1) is 11.9 Å². The van der Waals surface area contributed by atoms with Gasteiger partial charge in [-0.1, -0.05) is 28.1 Å². The van der Waals surface area contributed by atoms with Crippen LogP contribution in [0.5, 0.6) is 0 Å². The topological polar surface area (TPSA) is 35.5 Å². The monoisotopic (exact) mass is 308 g/mol. The van der Waals surface area contributed by atoms with Crippen molar-refractivity contribution in [2.45, 2.75) is 39.7 Å². The minimum absolute atomic E-state index is 0.368. The molecule has 1 aliphatic heterocycles. The van der Waals surface area contributed by atoms with E-state index in [1.54, 1.807) is 6.92 Å². The van der Waals surface area contributed by atoms with Crippen LogP contribution in [0.1, 0.15) is 34.1 Å². The summed E-state index contributed by atoms with van der Waals surface area (Å²) in [6.45, 7) is 11.6. The molecule has 1 rings (SSSR count). The number of hydrogen-bond acceptors (Lipinski definition) is 3. The van der Waals surface area contributed by atoms with E-state index in [9.17, 15) is 4.57 Å². The van der Waals surface area contributed by atoms with E-state index in [0.29, 0.717) is 18.3 Å². The lowest BCUT2D eigenvalue weighted by atomic mass is 10.1. The Labute approximate surface area is 106 Å². The zero-order valence-electron chi connectivity index (χ0n) is 10.2. The minimum Gasteiger partial charge on any atom is -0.306 e. The van der Waals surface area contributed by atoms with Crippen molar-refractivity contribution in [2.75, 3.05) is 6.61 Å². The quantitative estimate of drug-likeness (QED) is 0.562. The van der Waals surface area contributed by atoms with Crippen molar-refractivity contribution in [1.82, 2.24) is 0 Å². The van der Waals surface area contributed by atoms with Gasteiger partial charge in [0.2, 0.25) is 0 Å². The molecule has 0 fully saturated rings. The highest BCUT2D eigenvalue weighted by Gasteiger charge is 2.47. The molecule has 0 amide bonds. The van der Waals surface area contributed by atoms with Gasteiger partial charge in [0, 0.05) is 10.9 Å². The Bertz CT molecular complexity index is 385. The molecular weight excluding hydrogens is 291 g/mol. The Morgan fingerprint density at radius 3 is 2.62 bits per heavy atom. The highest BCUT2D eigenvalue weighted by atomic mass is 79.9. The molecule has 0 saturated heterocycles. The number of allylic oxidation sites excluding steroid dienone is 2. The highest BCUT2D eigenvalue weighted by Crippen LogP contribution is 2.68. The summed E-state index contributed by atoms with van der Waals surface area (Å²) in [4.78, 5) is 0. The van der Waals surface area contributed by atoms with Crippen molar-refractivity contribution in [2.24, 2.45) is 0 Å². The fourth-order valence-corrected chi connectivity index (χ4v) is 4.92. The van der Waals surface area contributed by atoms with Crippen molar-refractivity contribution < 1.29 is 13.6 Å². The molecule has 1 aliphatic rings. The Morgan fingerprint density at radius 2 is 2.19 bits per heavy atom. The second-order valence-electron chi connectivity index (χ2n) is 4.41. The first-order valence-corrected chi connectivity index (χ1v) is 7.56. The zero-order chi connectivity index (χ0) is 12.6. The molecule has 0 aromatic heterocycles. The third-order valence-electron chi connectivity index (χ3n) is 2.23. The summed E-state index contributed by atoms with van der Waals surface area (Å²) in [6, 6.07) is 0. The molecule has 0 radical (unpaired) electrons. The van der Waals surface area contributed by atoms with Gasteiger partial charge in [0.1, 0.15) is 5.60 Å². The minimum atomic E-state index is -3.14. The van der Waals surface area contributed by atoms with Crippen molar-refractivity contribution in [3.05, 3.63) is 21.9 Å². The van der Waals surface area contributed by atoms with Crippen molar-refractivity contribution in [3.63, 3.8) is 0 Å². The maximum atomic E-state index is 12.5. The van der Waals surface area contributed by atoms with Crippen LogP contribution in [0, 0.1) is 0 Å². The van der Waals surface area contributed by atoms with E-state index >= 15 is 0 Å². The van der Waals surface area contributed by atoms with Crippen LogP contribution >= 0.6 is 23.5 Å². The average Bonchev–Trinajstić information content (AvgIpc) is 2.25. The predicted molar refractivity (Wildman–Crippen MR) is 69.8 cm³/mol. The molecular formula is C11H18BrO3P. The van der Waals surface area contributed by atoms with E-state index in [1.165, 1.54) is 0 Å². The van der Waals surface area contributed by atoms with Crippen LogP contribution in [0.25, 0.3) is 0 Å². The van der Waals surface area contributed by atoms with Crippen LogP contribution in [0.3, 0.4) is 0 Å². The number of rotatable bonds is 4. The number of hydrogen-bond donors (Lipinski definition) is 0. The Hall–Kier alpha value is 0.110. The van der Waals surface area contributed by atoms with E-state index in [2.05, 4.69) is 22.5 Å². The van der Waals surface area contributed by atoms with Gasteiger partial charge in [-0.3, -0.25) is 9.09 Å². The van der Waals surface area contributed by atoms with E-state index < -0.39 is 13.2 Å². The Kier molecular flexibility index (Phi) is 4.23. The highest BCUT2D eigenvalue weighted by molar-refractivity contribution is 9.11. The molecule has 0 aliphatic carbocycles. The van der Waals surface area contributed by atoms with Gasteiger partial charge < -0.3 is 4.52 Å². The summed E-state index contributed by atoms with van der Waals surface area (Å²) >= 11 is 3.46. The molecule has 0 aromatic carbocycles. The van der Waals surface area contributed by atoms with Crippen molar-refractivity contribution >= 4 is 23.5 Å². The Morgan fingerprint density at radius 1 is 1.62 bits per heavy atom. The van der Waals surface area contributed by atoms with Crippen LogP contribution in [0.15, 0.2) is 21.9 Å². The maximum Gasteiger partial charge on any atom is 0.359 e. The molecule has 0 spiro atoms. The summed E-state index contributed by atoms with van der Waals surface area (Å²) in [7, 11) is -3.14. The standard InChI is InChI=1S/C11H18BrO3P/c1-6-14-16(13)9(7-8(2)3)10(12)11(4,5)15-16/h2,6-7H2,1,3-5H3. The van der Waals surface area contributed by atoms with Gasteiger partial charge in [0.25, 0.3) is 0 Å². The number of halogens is 1. The van der Waals surface area contributed by atoms with Crippen LogP contribution < -0.4 is 0 Å². The molecule has 3 nitrogen and oxygen atoms in total. The maximum absolute atomic E-state index is 12.5.